The number of nitrogens with one attached hydrogen (secondary N) is 1. The van der Waals surface area contributed by atoms with Crippen molar-refractivity contribution >= 4 is 17.9 Å². The highest BCUT2D eigenvalue weighted by molar-refractivity contribution is 5.88. The summed E-state index contributed by atoms with van der Waals surface area (Å²) in [5, 5.41) is 12.1. The molecule has 0 radical (unpaired) electrons. The number of hydrogen-bond donors (Lipinski definition) is 2. The molecule has 34 heavy (non-hydrogen) atoms. The van der Waals surface area contributed by atoms with Gasteiger partial charge in [-0.25, -0.2) is 9.78 Å². The molecule has 1 fully saturated rings. The molecular formula is C27H22N2O5. The van der Waals surface area contributed by atoms with Gasteiger partial charge in [0.15, 0.2) is 6.39 Å². The van der Waals surface area contributed by atoms with E-state index in [2.05, 4.69) is 10.3 Å². The second-order valence-electron chi connectivity index (χ2n) is 8.26. The Kier molecular flexibility index (Phi) is 5.59. The minimum atomic E-state index is -0.759. The van der Waals surface area contributed by atoms with Crippen molar-refractivity contribution in [2.45, 2.75) is 24.9 Å². The topological polar surface area (TPSA) is 102 Å². The van der Waals surface area contributed by atoms with E-state index in [0.717, 1.165) is 27.8 Å². The van der Waals surface area contributed by atoms with Crippen LogP contribution < -0.4 is 5.32 Å². The molecule has 7 nitrogen and oxygen atoms in total. The number of amides is 1. The van der Waals surface area contributed by atoms with E-state index in [1.54, 1.807) is 0 Å². The van der Waals surface area contributed by atoms with Crippen LogP contribution in [0.2, 0.25) is 0 Å². The molecule has 5 rings (SSSR count). The Morgan fingerprint density at radius 3 is 2.15 bits per heavy atom. The lowest BCUT2D eigenvalue weighted by molar-refractivity contribution is -0.140. The Morgan fingerprint density at radius 2 is 1.53 bits per heavy atom. The number of aromatic nitrogens is 1. The molecule has 0 spiro atoms. The molecule has 170 valence electrons. The molecule has 0 aliphatic heterocycles. The number of carbonyl (C=O) groups excluding carboxylic acids is 1. The van der Waals surface area contributed by atoms with E-state index >= 15 is 0 Å². The van der Waals surface area contributed by atoms with Gasteiger partial charge >= 0.3 is 12.1 Å². The molecule has 2 N–H and O–H groups in total. The minimum absolute atomic E-state index is 0.150. The molecule has 1 amide bonds. The summed E-state index contributed by atoms with van der Waals surface area (Å²) in [5.41, 5.74) is 4.26. The number of nitrogens with zero attached hydrogens (tertiary/aromatic N) is 1. The molecule has 1 aliphatic carbocycles. The highest BCUT2D eigenvalue weighted by atomic mass is 16.6. The normalized spacial score (nSPS) is 13.8. The van der Waals surface area contributed by atoms with Crippen LogP contribution in [0.25, 0.3) is 22.4 Å². The lowest BCUT2D eigenvalue weighted by Gasteiger charge is -2.11. The van der Waals surface area contributed by atoms with Crippen LogP contribution in [-0.4, -0.2) is 22.2 Å². The van der Waals surface area contributed by atoms with Crippen molar-refractivity contribution in [3.05, 3.63) is 96.4 Å². The van der Waals surface area contributed by atoms with Crippen LogP contribution in [0.1, 0.15) is 24.0 Å². The van der Waals surface area contributed by atoms with Crippen LogP contribution in [0, 0.1) is 0 Å². The predicted octanol–water partition coefficient (Wildman–Crippen LogP) is 5.87. The van der Waals surface area contributed by atoms with Gasteiger partial charge in [0.25, 0.3) is 0 Å². The Morgan fingerprint density at radius 1 is 0.912 bits per heavy atom. The first-order valence-corrected chi connectivity index (χ1v) is 10.9. The Hall–Kier alpha value is -4.39. The summed E-state index contributed by atoms with van der Waals surface area (Å²) in [6, 6.07) is 24.7. The first-order chi connectivity index (χ1) is 16.5. The number of benzene rings is 3. The molecule has 7 heteroatoms. The van der Waals surface area contributed by atoms with Crippen LogP contribution in [0.3, 0.4) is 0 Å². The van der Waals surface area contributed by atoms with Gasteiger partial charge in [-0.15, -0.1) is 0 Å². The van der Waals surface area contributed by atoms with E-state index < -0.39 is 17.5 Å². The first-order valence-electron chi connectivity index (χ1n) is 10.9. The zero-order chi connectivity index (χ0) is 23.5. The van der Waals surface area contributed by atoms with Crippen LogP contribution in [0.15, 0.2) is 89.7 Å². The predicted molar refractivity (Wildman–Crippen MR) is 126 cm³/mol. The van der Waals surface area contributed by atoms with Crippen LogP contribution >= 0.6 is 0 Å². The zero-order valence-corrected chi connectivity index (χ0v) is 18.2. The minimum Gasteiger partial charge on any atom is -0.481 e. The van der Waals surface area contributed by atoms with Gasteiger partial charge in [0, 0.05) is 5.56 Å². The van der Waals surface area contributed by atoms with Gasteiger partial charge in [-0.3, -0.25) is 10.1 Å². The Bertz CT molecular complexity index is 1310. The third-order valence-electron chi connectivity index (χ3n) is 6.08. The smallest absolute Gasteiger partial charge is 0.414 e. The third-order valence-corrected chi connectivity index (χ3v) is 6.08. The molecule has 0 bridgehead atoms. The maximum Gasteiger partial charge on any atom is 0.414 e. The highest BCUT2D eigenvalue weighted by Crippen LogP contribution is 2.48. The highest BCUT2D eigenvalue weighted by Gasteiger charge is 2.51. The molecule has 0 unspecified atom stereocenters. The quantitative estimate of drug-likeness (QED) is 0.362. The maximum absolute atomic E-state index is 12.2. The van der Waals surface area contributed by atoms with Crippen molar-refractivity contribution in [1.29, 1.82) is 0 Å². The van der Waals surface area contributed by atoms with Gasteiger partial charge in [0.1, 0.15) is 12.3 Å². The van der Waals surface area contributed by atoms with E-state index in [1.165, 1.54) is 6.39 Å². The number of aliphatic carboxylic acids is 1. The van der Waals surface area contributed by atoms with Gasteiger partial charge in [-0.2, -0.15) is 0 Å². The average Bonchev–Trinajstić information content (AvgIpc) is 3.57. The number of carbonyl (C=O) groups is 2. The first kappa shape index (κ1) is 21.5. The molecule has 1 aliphatic rings. The lowest BCUT2D eigenvalue weighted by atomic mass is 9.93. The van der Waals surface area contributed by atoms with Crippen LogP contribution in [0.5, 0.6) is 0 Å². The summed E-state index contributed by atoms with van der Waals surface area (Å²) >= 11 is 0. The summed E-state index contributed by atoms with van der Waals surface area (Å²) in [4.78, 5) is 28.0. The summed E-state index contributed by atoms with van der Waals surface area (Å²) in [5.74, 6) is -0.552. The van der Waals surface area contributed by atoms with E-state index in [9.17, 15) is 14.7 Å². The number of carboxylic acid groups (broad SMARTS) is 1. The van der Waals surface area contributed by atoms with Crippen molar-refractivity contribution in [1.82, 2.24) is 4.98 Å². The van der Waals surface area contributed by atoms with Crippen molar-refractivity contribution in [2.24, 2.45) is 0 Å². The van der Waals surface area contributed by atoms with Gasteiger partial charge < -0.3 is 14.3 Å². The number of anilines is 1. The summed E-state index contributed by atoms with van der Waals surface area (Å²) in [6.45, 7) is 0.150. The molecular weight excluding hydrogens is 432 g/mol. The number of oxazole rings is 1. The van der Waals surface area contributed by atoms with Crippen molar-refractivity contribution in [3.63, 3.8) is 0 Å². The Balaban J connectivity index is 1.26. The fourth-order valence-corrected chi connectivity index (χ4v) is 3.95. The molecule has 3 aromatic carbocycles. The van der Waals surface area contributed by atoms with Crippen molar-refractivity contribution in [2.75, 3.05) is 5.32 Å². The van der Waals surface area contributed by atoms with E-state index in [-0.39, 0.29) is 12.5 Å². The van der Waals surface area contributed by atoms with Gasteiger partial charge in [0.05, 0.1) is 5.41 Å². The van der Waals surface area contributed by atoms with E-state index in [4.69, 9.17) is 9.15 Å². The largest absolute Gasteiger partial charge is 0.481 e. The van der Waals surface area contributed by atoms with Crippen molar-refractivity contribution < 1.29 is 23.8 Å². The molecule has 1 saturated carbocycles. The number of carboxylic acids is 1. The fraction of sp³-hybridized carbons (Fsp3) is 0.148. The molecule has 1 heterocycles. The van der Waals surface area contributed by atoms with E-state index in [0.29, 0.717) is 18.5 Å². The number of ether oxygens (including phenoxy) is 1. The fourth-order valence-electron chi connectivity index (χ4n) is 3.95. The van der Waals surface area contributed by atoms with Gasteiger partial charge in [0.2, 0.25) is 5.88 Å². The second kappa shape index (κ2) is 8.86. The Labute approximate surface area is 196 Å². The molecule has 0 atom stereocenters. The SMILES string of the molecule is O=C(Nc1ocnc1-c1ccc(-c2ccc(C3(C(=O)O)CC3)cc2)cc1)OCc1ccccc1. The summed E-state index contributed by atoms with van der Waals surface area (Å²) < 4.78 is 10.6. The third kappa shape index (κ3) is 4.28. The second-order valence-corrected chi connectivity index (χ2v) is 8.26. The van der Waals surface area contributed by atoms with Crippen LogP contribution in [0.4, 0.5) is 10.7 Å². The standard InChI is InChI=1S/C27H22N2O5/c30-25(31)27(14-15-27)22-12-10-20(11-13-22)19-6-8-21(9-7-19)23-24(34-17-28-23)29-26(32)33-16-18-4-2-1-3-5-18/h1-13,17H,14-16H2,(H,29,32)(H,30,31). The lowest BCUT2D eigenvalue weighted by Crippen LogP contribution is -2.19. The molecule has 4 aromatic rings. The van der Waals surface area contributed by atoms with Gasteiger partial charge in [-0.1, -0.05) is 78.9 Å². The van der Waals surface area contributed by atoms with Crippen molar-refractivity contribution in [3.8, 4) is 22.4 Å². The zero-order valence-electron chi connectivity index (χ0n) is 18.2. The summed E-state index contributed by atoms with van der Waals surface area (Å²) in [7, 11) is 0. The number of rotatable bonds is 7. The molecule has 0 saturated heterocycles. The number of hydrogen-bond acceptors (Lipinski definition) is 5. The molecule has 1 aromatic heterocycles. The maximum atomic E-state index is 12.2. The summed E-state index contributed by atoms with van der Waals surface area (Å²) in [6.07, 6.45) is 2.01. The van der Waals surface area contributed by atoms with E-state index in [1.807, 2.05) is 78.9 Å². The van der Waals surface area contributed by atoms with Gasteiger partial charge in [-0.05, 0) is 35.1 Å². The monoisotopic (exact) mass is 454 g/mol. The van der Waals surface area contributed by atoms with Crippen LogP contribution in [-0.2, 0) is 21.6 Å². The average molecular weight is 454 g/mol.